The summed E-state index contributed by atoms with van der Waals surface area (Å²) in [5, 5.41) is 0.0370. The third-order valence-electron chi connectivity index (χ3n) is 3.50. The first kappa shape index (κ1) is 14.3. The molecule has 112 valence electrons. The maximum Gasteiger partial charge on any atom is 0.200 e. The Morgan fingerprint density at radius 2 is 1.91 bits per heavy atom. The molecule has 0 aliphatic rings. The number of benzene rings is 2. The molecule has 3 aromatic rings. The summed E-state index contributed by atoms with van der Waals surface area (Å²) in [6.07, 6.45) is 2.45. The Bertz CT molecular complexity index is 856. The SMILES string of the molecule is CCCOc1ccc(F)c2c(=O)c(-c3ccccc3)c[nH]c12. The van der Waals surface area contributed by atoms with E-state index in [0.29, 0.717) is 23.4 Å². The Morgan fingerprint density at radius 1 is 1.14 bits per heavy atom. The van der Waals surface area contributed by atoms with Gasteiger partial charge in [0, 0.05) is 11.8 Å². The van der Waals surface area contributed by atoms with E-state index in [1.54, 1.807) is 12.3 Å². The maximum absolute atomic E-state index is 14.2. The Morgan fingerprint density at radius 3 is 2.64 bits per heavy atom. The minimum atomic E-state index is -0.544. The molecule has 0 aliphatic heterocycles. The fraction of sp³-hybridized carbons (Fsp3) is 0.167. The number of aromatic amines is 1. The number of halogens is 1. The van der Waals surface area contributed by atoms with Crippen molar-refractivity contribution >= 4 is 10.9 Å². The van der Waals surface area contributed by atoms with Crippen LogP contribution in [0.25, 0.3) is 22.0 Å². The zero-order valence-electron chi connectivity index (χ0n) is 12.2. The number of rotatable bonds is 4. The number of hydrogen-bond donors (Lipinski definition) is 1. The van der Waals surface area contributed by atoms with Gasteiger partial charge in [0.1, 0.15) is 11.6 Å². The summed E-state index contributed by atoms with van der Waals surface area (Å²) in [4.78, 5) is 15.7. The van der Waals surface area contributed by atoms with Gasteiger partial charge in [-0.3, -0.25) is 4.79 Å². The van der Waals surface area contributed by atoms with Crippen LogP contribution in [-0.4, -0.2) is 11.6 Å². The van der Waals surface area contributed by atoms with Crippen LogP contribution < -0.4 is 10.2 Å². The molecule has 1 heterocycles. The molecule has 2 aromatic carbocycles. The van der Waals surface area contributed by atoms with Crippen molar-refractivity contribution in [1.82, 2.24) is 4.98 Å². The lowest BCUT2D eigenvalue weighted by atomic mass is 10.0. The summed E-state index contributed by atoms with van der Waals surface area (Å²) >= 11 is 0. The van der Waals surface area contributed by atoms with Crippen molar-refractivity contribution in [3.05, 3.63) is 64.7 Å². The fourth-order valence-corrected chi connectivity index (χ4v) is 2.43. The standard InChI is InChI=1S/C18H16FNO2/c1-2-10-22-15-9-8-14(19)16-17(15)20-11-13(18(16)21)12-6-4-3-5-7-12/h3-9,11H,2,10H2,1H3,(H,20,21). The van der Waals surface area contributed by atoms with Crippen LogP contribution in [0.3, 0.4) is 0 Å². The third kappa shape index (κ3) is 2.48. The van der Waals surface area contributed by atoms with E-state index in [0.717, 1.165) is 12.0 Å². The van der Waals surface area contributed by atoms with Gasteiger partial charge in [-0.25, -0.2) is 4.39 Å². The van der Waals surface area contributed by atoms with Crippen LogP contribution in [0.2, 0.25) is 0 Å². The topological polar surface area (TPSA) is 42.1 Å². The van der Waals surface area contributed by atoms with Crippen LogP contribution in [0, 0.1) is 5.82 Å². The smallest absolute Gasteiger partial charge is 0.200 e. The van der Waals surface area contributed by atoms with Crippen molar-refractivity contribution in [3.63, 3.8) is 0 Å². The van der Waals surface area contributed by atoms with E-state index in [1.807, 2.05) is 37.3 Å². The first-order valence-corrected chi connectivity index (χ1v) is 7.24. The molecule has 1 aromatic heterocycles. The van der Waals surface area contributed by atoms with Gasteiger partial charge in [-0.1, -0.05) is 37.3 Å². The van der Waals surface area contributed by atoms with Crippen LogP contribution in [0.5, 0.6) is 5.75 Å². The van der Waals surface area contributed by atoms with E-state index < -0.39 is 5.82 Å². The van der Waals surface area contributed by atoms with Crippen LogP contribution >= 0.6 is 0 Å². The second kappa shape index (κ2) is 6.02. The average molecular weight is 297 g/mol. The highest BCUT2D eigenvalue weighted by molar-refractivity contribution is 5.88. The van der Waals surface area contributed by atoms with Gasteiger partial charge < -0.3 is 9.72 Å². The van der Waals surface area contributed by atoms with E-state index in [9.17, 15) is 9.18 Å². The van der Waals surface area contributed by atoms with Gasteiger partial charge in [0.2, 0.25) is 0 Å². The highest BCUT2D eigenvalue weighted by Gasteiger charge is 2.14. The lowest BCUT2D eigenvalue weighted by Gasteiger charge is -2.10. The summed E-state index contributed by atoms with van der Waals surface area (Å²) in [6, 6.07) is 12.0. The highest BCUT2D eigenvalue weighted by atomic mass is 19.1. The summed E-state index contributed by atoms with van der Waals surface area (Å²) in [6.45, 7) is 2.51. The fourth-order valence-electron chi connectivity index (χ4n) is 2.43. The molecule has 1 N–H and O–H groups in total. The molecule has 0 amide bonds. The molecule has 0 bridgehead atoms. The predicted octanol–water partition coefficient (Wildman–Crippen LogP) is 4.12. The van der Waals surface area contributed by atoms with E-state index >= 15 is 0 Å². The first-order valence-electron chi connectivity index (χ1n) is 7.24. The van der Waals surface area contributed by atoms with Gasteiger partial charge in [0.05, 0.1) is 17.5 Å². The predicted molar refractivity (Wildman–Crippen MR) is 85.7 cm³/mol. The van der Waals surface area contributed by atoms with E-state index in [4.69, 9.17) is 4.74 Å². The molecule has 0 radical (unpaired) electrons. The van der Waals surface area contributed by atoms with Crippen LogP contribution in [0.1, 0.15) is 13.3 Å². The molecule has 4 heteroatoms. The van der Waals surface area contributed by atoms with Crippen LogP contribution in [-0.2, 0) is 0 Å². The van der Waals surface area contributed by atoms with Crippen LogP contribution in [0.15, 0.2) is 53.5 Å². The summed E-state index contributed by atoms with van der Waals surface area (Å²) in [7, 11) is 0. The molecule has 0 saturated carbocycles. The van der Waals surface area contributed by atoms with E-state index in [-0.39, 0.29) is 10.8 Å². The Kier molecular flexibility index (Phi) is 3.92. The van der Waals surface area contributed by atoms with E-state index in [2.05, 4.69) is 4.98 Å². The van der Waals surface area contributed by atoms with Crippen molar-refractivity contribution in [1.29, 1.82) is 0 Å². The minimum Gasteiger partial charge on any atom is -0.491 e. The summed E-state index contributed by atoms with van der Waals surface area (Å²) in [5.74, 6) is -0.0483. The largest absolute Gasteiger partial charge is 0.491 e. The molecule has 0 saturated heterocycles. The molecule has 0 aliphatic carbocycles. The number of fused-ring (bicyclic) bond motifs is 1. The molecule has 3 nitrogen and oxygen atoms in total. The monoisotopic (exact) mass is 297 g/mol. The maximum atomic E-state index is 14.2. The molecular weight excluding hydrogens is 281 g/mol. The van der Waals surface area contributed by atoms with Gasteiger partial charge in [-0.2, -0.15) is 0 Å². The zero-order valence-corrected chi connectivity index (χ0v) is 12.2. The number of hydrogen-bond acceptors (Lipinski definition) is 2. The van der Waals surface area contributed by atoms with Gasteiger partial charge >= 0.3 is 0 Å². The van der Waals surface area contributed by atoms with Gasteiger partial charge in [0.15, 0.2) is 5.43 Å². The molecule has 22 heavy (non-hydrogen) atoms. The molecule has 0 unspecified atom stereocenters. The third-order valence-corrected chi connectivity index (χ3v) is 3.50. The molecule has 3 rings (SSSR count). The van der Waals surface area contributed by atoms with E-state index in [1.165, 1.54) is 6.07 Å². The molecular formula is C18H16FNO2. The van der Waals surface area contributed by atoms with Gasteiger partial charge in [-0.15, -0.1) is 0 Å². The first-order chi connectivity index (χ1) is 10.7. The second-order valence-corrected chi connectivity index (χ2v) is 5.04. The number of H-pyrrole nitrogens is 1. The second-order valence-electron chi connectivity index (χ2n) is 5.04. The molecule has 0 spiro atoms. The van der Waals surface area contributed by atoms with Crippen LogP contribution in [0.4, 0.5) is 4.39 Å². The number of pyridine rings is 1. The Labute approximate surface area is 127 Å². The summed E-state index contributed by atoms with van der Waals surface area (Å²) < 4.78 is 19.8. The number of aromatic nitrogens is 1. The lowest BCUT2D eigenvalue weighted by molar-refractivity contribution is 0.320. The highest BCUT2D eigenvalue weighted by Crippen LogP contribution is 2.26. The van der Waals surface area contributed by atoms with Crippen molar-refractivity contribution in [3.8, 4) is 16.9 Å². The van der Waals surface area contributed by atoms with Gasteiger partial charge in [0.25, 0.3) is 0 Å². The average Bonchev–Trinajstić information content (AvgIpc) is 2.55. The quantitative estimate of drug-likeness (QED) is 0.787. The number of ether oxygens (including phenoxy) is 1. The normalized spacial score (nSPS) is 10.8. The Balaban J connectivity index is 2.23. The van der Waals surface area contributed by atoms with Crippen molar-refractivity contribution in [2.24, 2.45) is 0 Å². The summed E-state index contributed by atoms with van der Waals surface area (Å²) in [5.41, 5.74) is 1.27. The van der Waals surface area contributed by atoms with Crippen molar-refractivity contribution < 1.29 is 9.13 Å². The minimum absolute atomic E-state index is 0.0370. The molecule has 0 atom stereocenters. The van der Waals surface area contributed by atoms with Gasteiger partial charge in [-0.05, 0) is 24.1 Å². The Hall–Kier alpha value is -2.62. The molecule has 0 fully saturated rings. The lowest BCUT2D eigenvalue weighted by Crippen LogP contribution is -2.09. The zero-order chi connectivity index (χ0) is 15.5. The number of nitrogens with one attached hydrogen (secondary N) is 1. The van der Waals surface area contributed by atoms with Crippen molar-refractivity contribution in [2.45, 2.75) is 13.3 Å². The van der Waals surface area contributed by atoms with Crippen molar-refractivity contribution in [2.75, 3.05) is 6.61 Å².